The molecule has 3 nitrogen and oxygen atoms in total. The molecule has 0 saturated carbocycles. The fourth-order valence-corrected chi connectivity index (χ4v) is 1.81. The minimum atomic E-state index is -0.297. The molecule has 0 radical (unpaired) electrons. The SMILES string of the molecule is COc1ccccc1N(C)CCC(O)C(C)(C)C. The van der Waals surface area contributed by atoms with Gasteiger partial charge in [0, 0.05) is 13.6 Å². The van der Waals surface area contributed by atoms with Gasteiger partial charge in [-0.15, -0.1) is 0 Å². The van der Waals surface area contributed by atoms with E-state index in [2.05, 4.69) is 25.7 Å². The molecule has 0 aromatic heterocycles. The highest BCUT2D eigenvalue weighted by molar-refractivity contribution is 5.57. The van der Waals surface area contributed by atoms with Gasteiger partial charge in [-0.25, -0.2) is 0 Å². The molecule has 3 heteroatoms. The van der Waals surface area contributed by atoms with Crippen LogP contribution in [0.2, 0.25) is 0 Å². The number of aliphatic hydroxyl groups excluding tert-OH is 1. The Kier molecular flexibility index (Phi) is 5.03. The first kappa shape index (κ1) is 14.8. The molecule has 102 valence electrons. The predicted molar refractivity (Wildman–Crippen MR) is 76.3 cm³/mol. The van der Waals surface area contributed by atoms with Crippen molar-refractivity contribution in [2.75, 3.05) is 25.6 Å². The summed E-state index contributed by atoms with van der Waals surface area (Å²) in [7, 11) is 3.70. The van der Waals surface area contributed by atoms with E-state index in [1.807, 2.05) is 31.3 Å². The lowest BCUT2D eigenvalue weighted by atomic mass is 9.87. The summed E-state index contributed by atoms with van der Waals surface area (Å²) in [6.45, 7) is 6.97. The molecule has 0 spiro atoms. The molecule has 0 bridgehead atoms. The number of hydrogen-bond acceptors (Lipinski definition) is 3. The van der Waals surface area contributed by atoms with E-state index < -0.39 is 0 Å². The normalized spacial score (nSPS) is 13.2. The highest BCUT2D eigenvalue weighted by atomic mass is 16.5. The van der Waals surface area contributed by atoms with Gasteiger partial charge in [-0.2, -0.15) is 0 Å². The molecule has 1 rings (SSSR count). The van der Waals surface area contributed by atoms with Crippen molar-refractivity contribution < 1.29 is 9.84 Å². The summed E-state index contributed by atoms with van der Waals surface area (Å²) in [5.41, 5.74) is 0.989. The number of rotatable bonds is 5. The third-order valence-electron chi connectivity index (χ3n) is 3.23. The van der Waals surface area contributed by atoms with Crippen LogP contribution in [0, 0.1) is 5.41 Å². The average molecular weight is 251 g/mol. The number of para-hydroxylation sites is 2. The first-order chi connectivity index (χ1) is 8.36. The summed E-state index contributed by atoms with van der Waals surface area (Å²) in [5.74, 6) is 0.866. The molecular weight excluding hydrogens is 226 g/mol. The summed E-state index contributed by atoms with van der Waals surface area (Å²) in [5, 5.41) is 10.1. The maximum absolute atomic E-state index is 10.1. The number of nitrogens with zero attached hydrogens (tertiary/aromatic N) is 1. The van der Waals surface area contributed by atoms with Gasteiger partial charge in [-0.05, 0) is 24.0 Å². The Morgan fingerprint density at radius 3 is 2.44 bits per heavy atom. The van der Waals surface area contributed by atoms with Crippen LogP contribution >= 0.6 is 0 Å². The largest absolute Gasteiger partial charge is 0.495 e. The first-order valence-electron chi connectivity index (χ1n) is 6.38. The third-order valence-corrected chi connectivity index (χ3v) is 3.23. The zero-order chi connectivity index (χ0) is 13.8. The van der Waals surface area contributed by atoms with E-state index in [0.29, 0.717) is 0 Å². The highest BCUT2D eigenvalue weighted by Gasteiger charge is 2.22. The van der Waals surface area contributed by atoms with E-state index in [-0.39, 0.29) is 11.5 Å². The van der Waals surface area contributed by atoms with Crippen LogP contribution < -0.4 is 9.64 Å². The van der Waals surface area contributed by atoms with Crippen LogP contribution in [0.3, 0.4) is 0 Å². The second kappa shape index (κ2) is 6.10. The number of hydrogen-bond donors (Lipinski definition) is 1. The predicted octanol–water partition coefficient (Wildman–Crippen LogP) is 2.93. The molecule has 1 aromatic carbocycles. The molecule has 1 N–H and O–H groups in total. The van der Waals surface area contributed by atoms with Gasteiger partial charge in [0.05, 0.1) is 18.9 Å². The molecule has 0 aliphatic carbocycles. The van der Waals surface area contributed by atoms with Crippen molar-refractivity contribution in [2.24, 2.45) is 5.41 Å². The molecule has 0 saturated heterocycles. The van der Waals surface area contributed by atoms with Crippen molar-refractivity contribution in [1.82, 2.24) is 0 Å². The molecule has 0 aliphatic rings. The summed E-state index contributed by atoms with van der Waals surface area (Å²) in [6, 6.07) is 7.93. The lowest BCUT2D eigenvalue weighted by Crippen LogP contribution is -2.31. The Morgan fingerprint density at radius 2 is 1.89 bits per heavy atom. The van der Waals surface area contributed by atoms with Crippen LogP contribution in [0.25, 0.3) is 0 Å². The standard InChI is InChI=1S/C15H25NO2/c1-15(2,3)14(17)10-11-16(4)12-8-6-7-9-13(12)18-5/h6-9,14,17H,10-11H2,1-5H3. The Balaban J connectivity index is 2.63. The molecule has 0 amide bonds. The minimum absolute atomic E-state index is 0.0678. The van der Waals surface area contributed by atoms with E-state index in [1.54, 1.807) is 7.11 Å². The quantitative estimate of drug-likeness (QED) is 0.873. The third kappa shape index (κ3) is 3.91. The number of methoxy groups -OCH3 is 1. The zero-order valence-corrected chi connectivity index (χ0v) is 12.1. The number of anilines is 1. The Hall–Kier alpha value is -1.22. The zero-order valence-electron chi connectivity index (χ0n) is 12.1. The topological polar surface area (TPSA) is 32.7 Å². The maximum atomic E-state index is 10.1. The lowest BCUT2D eigenvalue weighted by Gasteiger charge is -2.29. The summed E-state index contributed by atoms with van der Waals surface area (Å²) in [4.78, 5) is 2.12. The van der Waals surface area contributed by atoms with E-state index in [1.165, 1.54) is 0 Å². The van der Waals surface area contributed by atoms with Crippen molar-refractivity contribution in [3.05, 3.63) is 24.3 Å². The molecule has 1 aromatic rings. The van der Waals surface area contributed by atoms with E-state index >= 15 is 0 Å². The van der Waals surface area contributed by atoms with Gasteiger partial charge in [0.2, 0.25) is 0 Å². The number of aliphatic hydroxyl groups is 1. The fraction of sp³-hybridized carbons (Fsp3) is 0.600. The van der Waals surface area contributed by atoms with Gasteiger partial charge >= 0.3 is 0 Å². The Labute approximate surface area is 110 Å². The minimum Gasteiger partial charge on any atom is -0.495 e. The summed E-state index contributed by atoms with van der Waals surface area (Å²) < 4.78 is 5.34. The van der Waals surface area contributed by atoms with E-state index in [0.717, 1.165) is 24.4 Å². The van der Waals surface area contributed by atoms with E-state index in [9.17, 15) is 5.11 Å². The Morgan fingerprint density at radius 1 is 1.28 bits per heavy atom. The van der Waals surface area contributed by atoms with Gasteiger partial charge in [-0.3, -0.25) is 0 Å². The van der Waals surface area contributed by atoms with Crippen LogP contribution in [0.15, 0.2) is 24.3 Å². The maximum Gasteiger partial charge on any atom is 0.142 e. The molecule has 1 atom stereocenters. The lowest BCUT2D eigenvalue weighted by molar-refractivity contribution is 0.0576. The van der Waals surface area contributed by atoms with Crippen LogP contribution in [-0.4, -0.2) is 31.9 Å². The van der Waals surface area contributed by atoms with Crippen LogP contribution in [-0.2, 0) is 0 Å². The van der Waals surface area contributed by atoms with E-state index in [4.69, 9.17) is 4.74 Å². The molecule has 0 heterocycles. The van der Waals surface area contributed by atoms with Gasteiger partial charge in [0.15, 0.2) is 0 Å². The second-order valence-electron chi connectivity index (χ2n) is 5.76. The highest BCUT2D eigenvalue weighted by Crippen LogP contribution is 2.28. The van der Waals surface area contributed by atoms with Gasteiger partial charge in [0.1, 0.15) is 5.75 Å². The number of benzene rings is 1. The second-order valence-corrected chi connectivity index (χ2v) is 5.76. The summed E-state index contributed by atoms with van der Waals surface area (Å²) in [6.07, 6.45) is 0.451. The van der Waals surface area contributed by atoms with Crippen molar-refractivity contribution in [3.8, 4) is 5.75 Å². The fourth-order valence-electron chi connectivity index (χ4n) is 1.81. The number of ether oxygens (including phenoxy) is 1. The molecule has 0 fully saturated rings. The monoisotopic (exact) mass is 251 g/mol. The van der Waals surface area contributed by atoms with Crippen molar-refractivity contribution in [2.45, 2.75) is 33.3 Å². The van der Waals surface area contributed by atoms with Crippen LogP contribution in [0.4, 0.5) is 5.69 Å². The molecular formula is C15H25NO2. The van der Waals surface area contributed by atoms with Crippen molar-refractivity contribution in [3.63, 3.8) is 0 Å². The molecule has 18 heavy (non-hydrogen) atoms. The smallest absolute Gasteiger partial charge is 0.142 e. The Bertz CT molecular complexity index is 371. The van der Waals surface area contributed by atoms with Crippen LogP contribution in [0.1, 0.15) is 27.2 Å². The van der Waals surface area contributed by atoms with Gasteiger partial charge in [-0.1, -0.05) is 32.9 Å². The summed E-state index contributed by atoms with van der Waals surface area (Å²) >= 11 is 0. The van der Waals surface area contributed by atoms with Crippen molar-refractivity contribution in [1.29, 1.82) is 0 Å². The molecule has 0 aliphatic heterocycles. The molecule has 1 unspecified atom stereocenters. The van der Waals surface area contributed by atoms with Gasteiger partial charge < -0.3 is 14.7 Å². The average Bonchev–Trinajstić information content (AvgIpc) is 2.34. The van der Waals surface area contributed by atoms with Crippen LogP contribution in [0.5, 0.6) is 5.75 Å². The van der Waals surface area contributed by atoms with Gasteiger partial charge in [0.25, 0.3) is 0 Å². The first-order valence-corrected chi connectivity index (χ1v) is 6.38. The van der Waals surface area contributed by atoms with Crippen molar-refractivity contribution >= 4 is 5.69 Å².